The molecule has 2 atom stereocenters. The number of fused-ring (bicyclic) bond motifs is 1. The number of methoxy groups -OCH3 is 1. The van der Waals surface area contributed by atoms with Crippen LogP contribution in [0.1, 0.15) is 31.0 Å². The quantitative estimate of drug-likeness (QED) is 0.937. The Hall–Kier alpha value is -1.72. The second kappa shape index (κ2) is 5.48. The highest BCUT2D eigenvalue weighted by Crippen LogP contribution is 2.40. The molecule has 2 aromatic rings. The molecule has 116 valence electrons. The van der Waals surface area contributed by atoms with Crippen LogP contribution in [0.4, 0.5) is 5.82 Å². The monoisotopic (exact) mass is 299 g/mol. The van der Waals surface area contributed by atoms with E-state index in [1.54, 1.807) is 7.11 Å². The lowest BCUT2D eigenvalue weighted by Gasteiger charge is -2.26. The Morgan fingerprint density at radius 1 is 1.27 bits per heavy atom. The van der Waals surface area contributed by atoms with E-state index < -0.39 is 0 Å². The molecular formula is C17H21N3O2. The molecule has 4 rings (SSSR count). The van der Waals surface area contributed by atoms with Crippen molar-refractivity contribution in [2.45, 2.75) is 37.3 Å². The Morgan fingerprint density at radius 3 is 2.86 bits per heavy atom. The van der Waals surface area contributed by atoms with Gasteiger partial charge in [0.15, 0.2) is 0 Å². The van der Waals surface area contributed by atoms with Gasteiger partial charge in [-0.25, -0.2) is 9.97 Å². The van der Waals surface area contributed by atoms with Crippen molar-refractivity contribution in [3.63, 3.8) is 0 Å². The summed E-state index contributed by atoms with van der Waals surface area (Å²) in [5.74, 6) is 2.41. The van der Waals surface area contributed by atoms with E-state index in [0.29, 0.717) is 19.1 Å². The van der Waals surface area contributed by atoms with Crippen molar-refractivity contribution >= 4 is 16.7 Å². The first-order valence-electron chi connectivity index (χ1n) is 7.96. The first-order chi connectivity index (χ1) is 10.8. The molecule has 1 aromatic heterocycles. The Labute approximate surface area is 129 Å². The number of aliphatic hydroxyl groups is 1. The lowest BCUT2D eigenvalue weighted by Crippen LogP contribution is -2.34. The number of rotatable bonds is 4. The maximum Gasteiger partial charge on any atom is 0.140 e. The van der Waals surface area contributed by atoms with Gasteiger partial charge in [-0.2, -0.15) is 0 Å². The minimum absolute atomic E-state index is 0.172. The number of benzene rings is 1. The lowest BCUT2D eigenvalue weighted by molar-refractivity contribution is 0.159. The molecule has 1 saturated heterocycles. The van der Waals surface area contributed by atoms with Crippen molar-refractivity contribution in [1.29, 1.82) is 0 Å². The van der Waals surface area contributed by atoms with Crippen LogP contribution in [0.3, 0.4) is 0 Å². The summed E-state index contributed by atoms with van der Waals surface area (Å²) in [6.45, 7) is 1.22. The van der Waals surface area contributed by atoms with Crippen LogP contribution >= 0.6 is 0 Å². The highest BCUT2D eigenvalue weighted by molar-refractivity contribution is 5.89. The first-order valence-corrected chi connectivity index (χ1v) is 7.96. The first kappa shape index (κ1) is 13.9. The van der Waals surface area contributed by atoms with E-state index in [1.165, 1.54) is 12.8 Å². The van der Waals surface area contributed by atoms with Crippen molar-refractivity contribution in [1.82, 2.24) is 9.97 Å². The average Bonchev–Trinajstić information content (AvgIpc) is 3.31. The maximum atomic E-state index is 10.1. The van der Waals surface area contributed by atoms with Gasteiger partial charge < -0.3 is 14.7 Å². The molecular weight excluding hydrogens is 278 g/mol. The molecule has 1 saturated carbocycles. The largest absolute Gasteiger partial charge is 0.391 e. The molecule has 22 heavy (non-hydrogen) atoms. The van der Waals surface area contributed by atoms with Crippen molar-refractivity contribution < 1.29 is 9.84 Å². The van der Waals surface area contributed by atoms with Crippen LogP contribution in [0.2, 0.25) is 0 Å². The molecule has 5 heteroatoms. The standard InChI is InChI=1S/C17H21N3O2/c1-22-10-12-8-13(21)9-20(12)17-14-4-2-3-5-15(14)18-16(19-17)11-6-7-11/h2-5,11-13,21H,6-10H2,1H3/t12-,13-/m1/s1. The molecule has 1 N–H and O–H groups in total. The van der Waals surface area contributed by atoms with Crippen LogP contribution < -0.4 is 4.90 Å². The van der Waals surface area contributed by atoms with Gasteiger partial charge in [0.2, 0.25) is 0 Å². The highest BCUT2D eigenvalue weighted by atomic mass is 16.5. The van der Waals surface area contributed by atoms with Crippen LogP contribution in [-0.2, 0) is 4.74 Å². The zero-order chi connectivity index (χ0) is 15.1. The fraction of sp³-hybridized carbons (Fsp3) is 0.529. The van der Waals surface area contributed by atoms with Crippen LogP contribution in [0.25, 0.3) is 10.9 Å². The van der Waals surface area contributed by atoms with Crippen molar-refractivity contribution in [2.24, 2.45) is 0 Å². The van der Waals surface area contributed by atoms with Gasteiger partial charge in [-0.05, 0) is 31.4 Å². The third-order valence-electron chi connectivity index (χ3n) is 4.57. The number of anilines is 1. The average molecular weight is 299 g/mol. The van der Waals surface area contributed by atoms with E-state index in [0.717, 1.165) is 29.0 Å². The third-order valence-corrected chi connectivity index (χ3v) is 4.57. The predicted octanol–water partition coefficient (Wildman–Crippen LogP) is 2.09. The summed E-state index contributed by atoms with van der Waals surface area (Å²) in [7, 11) is 1.70. The number of nitrogens with zero attached hydrogens (tertiary/aromatic N) is 3. The van der Waals surface area contributed by atoms with Crippen LogP contribution in [0, 0.1) is 0 Å². The number of hydrogen-bond donors (Lipinski definition) is 1. The summed E-state index contributed by atoms with van der Waals surface area (Å²) < 4.78 is 5.33. The van der Waals surface area contributed by atoms with E-state index >= 15 is 0 Å². The SMILES string of the molecule is COC[C@H]1C[C@@H](O)CN1c1nc(C2CC2)nc2ccccc12. The van der Waals surface area contributed by atoms with E-state index in [9.17, 15) is 5.11 Å². The van der Waals surface area contributed by atoms with Crippen molar-refractivity contribution in [2.75, 3.05) is 25.2 Å². The van der Waals surface area contributed by atoms with Gasteiger partial charge >= 0.3 is 0 Å². The Kier molecular flexibility index (Phi) is 3.47. The van der Waals surface area contributed by atoms with Crippen molar-refractivity contribution in [3.05, 3.63) is 30.1 Å². The Bertz CT molecular complexity index is 687. The van der Waals surface area contributed by atoms with Gasteiger partial charge in [-0.3, -0.25) is 0 Å². The fourth-order valence-corrected chi connectivity index (χ4v) is 3.32. The maximum absolute atomic E-state index is 10.1. The molecule has 0 radical (unpaired) electrons. The van der Waals surface area contributed by atoms with Gasteiger partial charge in [-0.15, -0.1) is 0 Å². The minimum Gasteiger partial charge on any atom is -0.391 e. The third kappa shape index (κ3) is 2.44. The van der Waals surface area contributed by atoms with E-state index in [1.807, 2.05) is 18.2 Å². The lowest BCUT2D eigenvalue weighted by atomic mass is 10.2. The molecule has 2 aliphatic rings. The molecule has 0 unspecified atom stereocenters. The number of aliphatic hydroxyl groups excluding tert-OH is 1. The summed E-state index contributed by atoms with van der Waals surface area (Å²) in [5, 5.41) is 11.1. The Balaban J connectivity index is 1.81. The molecule has 0 amide bonds. The molecule has 2 heterocycles. The Morgan fingerprint density at radius 2 is 2.09 bits per heavy atom. The van der Waals surface area contributed by atoms with E-state index in [-0.39, 0.29) is 12.1 Å². The van der Waals surface area contributed by atoms with E-state index in [4.69, 9.17) is 14.7 Å². The number of β-amino-alcohol motifs (C(OH)–C–C–N with tert-alkyl or cyclic N) is 1. The summed E-state index contributed by atoms with van der Waals surface area (Å²) in [6.07, 6.45) is 2.77. The smallest absolute Gasteiger partial charge is 0.140 e. The normalized spacial score (nSPS) is 25.1. The summed E-state index contributed by atoms with van der Waals surface area (Å²) in [5.41, 5.74) is 0.993. The second-order valence-electron chi connectivity index (χ2n) is 6.35. The van der Waals surface area contributed by atoms with Gasteiger partial charge in [0.1, 0.15) is 11.6 Å². The molecule has 0 bridgehead atoms. The summed E-state index contributed by atoms with van der Waals surface area (Å²) >= 11 is 0. The van der Waals surface area contributed by atoms with Crippen molar-refractivity contribution in [3.8, 4) is 0 Å². The summed E-state index contributed by atoms with van der Waals surface area (Å²) in [6, 6.07) is 8.32. The van der Waals surface area contributed by atoms with Crippen LogP contribution in [-0.4, -0.2) is 47.5 Å². The zero-order valence-corrected chi connectivity index (χ0v) is 12.8. The molecule has 5 nitrogen and oxygen atoms in total. The molecule has 0 spiro atoms. The van der Waals surface area contributed by atoms with Gasteiger partial charge in [-0.1, -0.05) is 12.1 Å². The van der Waals surface area contributed by atoms with Gasteiger partial charge in [0, 0.05) is 25.0 Å². The number of ether oxygens (including phenoxy) is 1. The number of para-hydroxylation sites is 1. The van der Waals surface area contributed by atoms with Crippen LogP contribution in [0.5, 0.6) is 0 Å². The summed E-state index contributed by atoms with van der Waals surface area (Å²) in [4.78, 5) is 11.8. The molecule has 1 aliphatic carbocycles. The fourth-order valence-electron chi connectivity index (χ4n) is 3.32. The van der Waals surface area contributed by atoms with Gasteiger partial charge in [0.25, 0.3) is 0 Å². The molecule has 1 aromatic carbocycles. The second-order valence-corrected chi connectivity index (χ2v) is 6.35. The predicted molar refractivity (Wildman–Crippen MR) is 85.1 cm³/mol. The number of hydrogen-bond acceptors (Lipinski definition) is 5. The minimum atomic E-state index is -0.321. The van der Waals surface area contributed by atoms with E-state index in [2.05, 4.69) is 11.0 Å². The topological polar surface area (TPSA) is 58.5 Å². The van der Waals surface area contributed by atoms with Crippen LogP contribution in [0.15, 0.2) is 24.3 Å². The molecule has 1 aliphatic heterocycles. The zero-order valence-electron chi connectivity index (χ0n) is 12.8. The molecule has 2 fully saturated rings. The van der Waals surface area contributed by atoms with Gasteiger partial charge in [0.05, 0.1) is 24.3 Å². The highest BCUT2D eigenvalue weighted by Gasteiger charge is 2.34. The number of aromatic nitrogens is 2.